The zero-order valence-corrected chi connectivity index (χ0v) is 9.88. The zero-order chi connectivity index (χ0) is 13.3. The van der Waals surface area contributed by atoms with E-state index >= 15 is 0 Å². The number of nitro benzene ring substituents is 1. The van der Waals surface area contributed by atoms with Gasteiger partial charge in [0.15, 0.2) is 5.52 Å². The standard InChI is InChI=1S/C9H7N3O5S/c1-4(9(13)14)18-6-3-2-5(12(15)16)7-8(6)11-17-10-7/h2-4H,1H3,(H,13,14). The van der Waals surface area contributed by atoms with E-state index in [1.54, 1.807) is 0 Å². The van der Waals surface area contributed by atoms with E-state index in [-0.39, 0.29) is 16.7 Å². The molecule has 0 bridgehead atoms. The van der Waals surface area contributed by atoms with Gasteiger partial charge in [0.2, 0.25) is 5.52 Å². The molecule has 2 rings (SSSR count). The number of thioether (sulfide) groups is 1. The smallest absolute Gasteiger partial charge is 0.316 e. The summed E-state index contributed by atoms with van der Waals surface area (Å²) in [7, 11) is 0. The summed E-state index contributed by atoms with van der Waals surface area (Å²) in [6.07, 6.45) is 0. The van der Waals surface area contributed by atoms with Gasteiger partial charge in [0.1, 0.15) is 5.25 Å². The van der Waals surface area contributed by atoms with Crippen LogP contribution < -0.4 is 0 Å². The van der Waals surface area contributed by atoms with Crippen molar-refractivity contribution >= 4 is 34.5 Å². The molecule has 1 atom stereocenters. The van der Waals surface area contributed by atoms with Gasteiger partial charge in [-0.3, -0.25) is 14.9 Å². The number of fused-ring (bicyclic) bond motifs is 1. The van der Waals surface area contributed by atoms with E-state index in [0.29, 0.717) is 4.90 Å². The maximum Gasteiger partial charge on any atom is 0.316 e. The minimum Gasteiger partial charge on any atom is -0.480 e. The van der Waals surface area contributed by atoms with Crippen molar-refractivity contribution in [2.24, 2.45) is 0 Å². The van der Waals surface area contributed by atoms with Crippen LogP contribution in [0, 0.1) is 10.1 Å². The number of hydrogen-bond donors (Lipinski definition) is 1. The molecule has 8 nitrogen and oxygen atoms in total. The number of aliphatic carboxylic acids is 1. The Hall–Kier alpha value is -2.16. The van der Waals surface area contributed by atoms with Gasteiger partial charge >= 0.3 is 11.7 Å². The number of rotatable bonds is 4. The highest BCUT2D eigenvalue weighted by atomic mass is 32.2. The third kappa shape index (κ3) is 2.12. The zero-order valence-electron chi connectivity index (χ0n) is 9.06. The molecule has 0 saturated carbocycles. The molecule has 2 aromatic rings. The highest BCUT2D eigenvalue weighted by Gasteiger charge is 2.22. The lowest BCUT2D eigenvalue weighted by Crippen LogP contribution is -2.11. The average molecular weight is 269 g/mol. The minimum atomic E-state index is -0.983. The van der Waals surface area contributed by atoms with Crippen LogP contribution in [0.25, 0.3) is 11.0 Å². The number of hydrogen-bond acceptors (Lipinski definition) is 7. The van der Waals surface area contributed by atoms with Crippen LogP contribution in [0.15, 0.2) is 21.7 Å². The molecule has 0 spiro atoms. The van der Waals surface area contributed by atoms with Crippen molar-refractivity contribution in [2.75, 3.05) is 0 Å². The van der Waals surface area contributed by atoms with E-state index in [1.807, 2.05) is 0 Å². The summed E-state index contributed by atoms with van der Waals surface area (Å²) in [5.41, 5.74) is -0.0107. The number of nitro groups is 1. The van der Waals surface area contributed by atoms with Crippen molar-refractivity contribution in [3.8, 4) is 0 Å². The van der Waals surface area contributed by atoms with Crippen molar-refractivity contribution in [2.45, 2.75) is 17.1 Å². The summed E-state index contributed by atoms with van der Waals surface area (Å²) in [4.78, 5) is 21.4. The normalized spacial score (nSPS) is 12.5. The Kier molecular flexibility index (Phi) is 3.15. The Labute approximate surface area is 104 Å². The first-order valence-corrected chi connectivity index (χ1v) is 5.68. The Bertz CT molecular complexity index is 626. The molecule has 9 heteroatoms. The quantitative estimate of drug-likeness (QED) is 0.506. The molecule has 1 heterocycles. The fraction of sp³-hybridized carbons (Fsp3) is 0.222. The second-order valence-electron chi connectivity index (χ2n) is 3.40. The fourth-order valence-corrected chi connectivity index (χ4v) is 2.19. The van der Waals surface area contributed by atoms with E-state index in [0.717, 1.165) is 11.8 Å². The predicted molar refractivity (Wildman–Crippen MR) is 61.4 cm³/mol. The van der Waals surface area contributed by atoms with Crippen molar-refractivity contribution in [3.05, 3.63) is 22.2 Å². The van der Waals surface area contributed by atoms with Gasteiger partial charge in [-0.15, -0.1) is 11.8 Å². The summed E-state index contributed by atoms with van der Waals surface area (Å²) < 4.78 is 4.47. The highest BCUT2D eigenvalue weighted by molar-refractivity contribution is 8.00. The lowest BCUT2D eigenvalue weighted by atomic mass is 10.3. The number of benzene rings is 1. The van der Waals surface area contributed by atoms with E-state index in [1.165, 1.54) is 19.1 Å². The number of non-ortho nitro benzene ring substituents is 1. The van der Waals surface area contributed by atoms with Gasteiger partial charge in [-0.1, -0.05) is 0 Å². The Morgan fingerprint density at radius 1 is 1.50 bits per heavy atom. The predicted octanol–water partition coefficient (Wildman–Crippen LogP) is 1.70. The summed E-state index contributed by atoms with van der Waals surface area (Å²) in [5.74, 6) is -0.983. The average Bonchev–Trinajstić information content (AvgIpc) is 2.77. The highest BCUT2D eigenvalue weighted by Crippen LogP contribution is 2.33. The number of carboxylic acids is 1. The third-order valence-electron chi connectivity index (χ3n) is 2.21. The van der Waals surface area contributed by atoms with Crippen LogP contribution in [0.4, 0.5) is 5.69 Å². The van der Waals surface area contributed by atoms with Gasteiger partial charge in [0.05, 0.1) is 4.92 Å². The first-order valence-electron chi connectivity index (χ1n) is 4.80. The summed E-state index contributed by atoms with van der Waals surface area (Å²) >= 11 is 1.02. The Morgan fingerprint density at radius 3 is 2.78 bits per heavy atom. The second kappa shape index (κ2) is 4.61. The van der Waals surface area contributed by atoms with Crippen LogP contribution in [0.5, 0.6) is 0 Å². The van der Waals surface area contributed by atoms with Gasteiger partial charge in [0.25, 0.3) is 0 Å². The van der Waals surface area contributed by atoms with E-state index in [2.05, 4.69) is 14.9 Å². The van der Waals surface area contributed by atoms with Gasteiger partial charge in [-0.2, -0.15) is 0 Å². The summed E-state index contributed by atoms with van der Waals surface area (Å²) in [5, 5.41) is 25.9. The van der Waals surface area contributed by atoms with Crippen LogP contribution in [-0.2, 0) is 4.79 Å². The van der Waals surface area contributed by atoms with Crippen LogP contribution in [0.1, 0.15) is 6.92 Å². The van der Waals surface area contributed by atoms with Crippen molar-refractivity contribution < 1.29 is 19.5 Å². The van der Waals surface area contributed by atoms with Gasteiger partial charge in [-0.25, -0.2) is 4.63 Å². The molecule has 1 unspecified atom stereocenters. The fourth-order valence-electron chi connectivity index (χ4n) is 1.31. The van der Waals surface area contributed by atoms with Gasteiger partial charge in [-0.05, 0) is 23.3 Å². The lowest BCUT2D eigenvalue weighted by molar-refractivity contribution is -0.383. The minimum absolute atomic E-state index is 0.0163. The Balaban J connectivity index is 2.48. The summed E-state index contributed by atoms with van der Waals surface area (Å²) in [6, 6.07) is 2.69. The molecular weight excluding hydrogens is 262 g/mol. The van der Waals surface area contributed by atoms with Crippen molar-refractivity contribution in [1.29, 1.82) is 0 Å². The lowest BCUT2D eigenvalue weighted by Gasteiger charge is -2.05. The Morgan fingerprint density at radius 2 is 2.17 bits per heavy atom. The second-order valence-corrected chi connectivity index (χ2v) is 4.78. The van der Waals surface area contributed by atoms with Crippen molar-refractivity contribution in [3.63, 3.8) is 0 Å². The van der Waals surface area contributed by atoms with Crippen molar-refractivity contribution in [1.82, 2.24) is 10.3 Å². The maximum atomic E-state index is 10.8. The van der Waals surface area contributed by atoms with Crippen LogP contribution in [-0.4, -0.2) is 31.6 Å². The first kappa shape index (κ1) is 12.3. The molecule has 94 valence electrons. The van der Waals surface area contributed by atoms with E-state index < -0.39 is 16.1 Å². The molecule has 0 aliphatic rings. The molecule has 1 aromatic heterocycles. The molecule has 0 aliphatic carbocycles. The molecule has 1 aromatic carbocycles. The van der Waals surface area contributed by atoms with Gasteiger partial charge < -0.3 is 5.11 Å². The van der Waals surface area contributed by atoms with Crippen LogP contribution >= 0.6 is 11.8 Å². The van der Waals surface area contributed by atoms with Crippen LogP contribution in [0.3, 0.4) is 0 Å². The van der Waals surface area contributed by atoms with E-state index in [4.69, 9.17) is 5.11 Å². The number of carboxylic acid groups (broad SMARTS) is 1. The van der Waals surface area contributed by atoms with Gasteiger partial charge in [0, 0.05) is 11.0 Å². The molecule has 0 radical (unpaired) electrons. The maximum absolute atomic E-state index is 10.8. The molecule has 0 amide bonds. The summed E-state index contributed by atoms with van der Waals surface area (Å²) in [6.45, 7) is 1.51. The number of nitrogens with zero attached hydrogens (tertiary/aromatic N) is 3. The number of carbonyl (C=O) groups is 1. The number of aromatic nitrogens is 2. The van der Waals surface area contributed by atoms with Crippen LogP contribution in [0.2, 0.25) is 0 Å². The largest absolute Gasteiger partial charge is 0.480 e. The molecule has 0 fully saturated rings. The molecular formula is C9H7N3O5S. The topological polar surface area (TPSA) is 119 Å². The molecule has 0 aliphatic heterocycles. The third-order valence-corrected chi connectivity index (χ3v) is 3.34. The monoisotopic (exact) mass is 269 g/mol. The molecule has 18 heavy (non-hydrogen) atoms. The molecule has 0 saturated heterocycles. The first-order chi connectivity index (χ1) is 8.50. The SMILES string of the molecule is CC(Sc1ccc([N+](=O)[O-])c2nonc12)C(=O)O. The molecule has 1 N–H and O–H groups in total. The van der Waals surface area contributed by atoms with E-state index in [9.17, 15) is 14.9 Å².